The van der Waals surface area contributed by atoms with Crippen molar-refractivity contribution in [2.75, 3.05) is 0 Å². The van der Waals surface area contributed by atoms with Crippen LogP contribution in [0.3, 0.4) is 0 Å². The van der Waals surface area contributed by atoms with E-state index in [1.165, 1.54) is 12.0 Å². The second kappa shape index (κ2) is 3.95. The molecule has 1 aliphatic heterocycles. The van der Waals surface area contributed by atoms with Crippen molar-refractivity contribution in [3.63, 3.8) is 0 Å². The molecule has 0 saturated heterocycles. The van der Waals surface area contributed by atoms with Gasteiger partial charge in [0.05, 0.1) is 6.10 Å². The van der Waals surface area contributed by atoms with Crippen LogP contribution in [0.2, 0.25) is 0 Å². The van der Waals surface area contributed by atoms with Gasteiger partial charge < -0.3 is 10.4 Å². The third kappa shape index (κ3) is 1.54. The van der Waals surface area contributed by atoms with Crippen LogP contribution in [0.15, 0.2) is 36.5 Å². The Bertz CT molecular complexity index is 413. The second-order valence-corrected chi connectivity index (χ2v) is 4.74. The SMILES string of the molecule is OC1CC(C2CCC=CN2)c2ccccc21. The molecule has 0 radical (unpaired) electrons. The van der Waals surface area contributed by atoms with Crippen molar-refractivity contribution in [3.8, 4) is 0 Å². The number of fused-ring (bicyclic) bond motifs is 1. The highest BCUT2D eigenvalue weighted by Gasteiger charge is 2.34. The number of allylic oxidation sites excluding steroid dienone is 1. The predicted octanol–water partition coefficient (Wildman–Crippen LogP) is 2.47. The highest BCUT2D eigenvalue weighted by molar-refractivity contribution is 5.38. The molecule has 0 bridgehead atoms. The third-order valence-electron chi connectivity index (χ3n) is 3.79. The van der Waals surface area contributed by atoms with Gasteiger partial charge in [-0.3, -0.25) is 0 Å². The molecule has 1 heterocycles. The van der Waals surface area contributed by atoms with Crippen molar-refractivity contribution in [1.29, 1.82) is 0 Å². The number of rotatable bonds is 1. The molecule has 16 heavy (non-hydrogen) atoms. The first-order valence-corrected chi connectivity index (χ1v) is 6.04. The summed E-state index contributed by atoms with van der Waals surface area (Å²) >= 11 is 0. The molecule has 0 amide bonds. The molecule has 1 aliphatic carbocycles. The van der Waals surface area contributed by atoms with E-state index in [2.05, 4.69) is 35.8 Å². The van der Waals surface area contributed by atoms with E-state index in [4.69, 9.17) is 0 Å². The minimum absolute atomic E-state index is 0.270. The maximum absolute atomic E-state index is 10.0. The molecule has 3 unspecified atom stereocenters. The molecule has 0 aromatic heterocycles. The van der Waals surface area contributed by atoms with Crippen LogP contribution >= 0.6 is 0 Å². The van der Waals surface area contributed by atoms with Crippen molar-refractivity contribution in [2.45, 2.75) is 37.3 Å². The predicted molar refractivity (Wildman–Crippen MR) is 64.1 cm³/mol. The fourth-order valence-corrected chi connectivity index (χ4v) is 2.98. The lowest BCUT2D eigenvalue weighted by molar-refractivity contribution is 0.167. The summed E-state index contributed by atoms with van der Waals surface area (Å²) in [7, 11) is 0. The van der Waals surface area contributed by atoms with Gasteiger partial charge in [0.15, 0.2) is 0 Å². The summed E-state index contributed by atoms with van der Waals surface area (Å²) in [6.07, 6.45) is 7.14. The number of hydrogen-bond donors (Lipinski definition) is 2. The molecule has 0 saturated carbocycles. The van der Waals surface area contributed by atoms with E-state index in [9.17, 15) is 5.11 Å². The number of hydrogen-bond acceptors (Lipinski definition) is 2. The summed E-state index contributed by atoms with van der Waals surface area (Å²) in [5.74, 6) is 0.469. The van der Waals surface area contributed by atoms with Crippen LogP contribution in [0.4, 0.5) is 0 Å². The van der Waals surface area contributed by atoms with E-state index < -0.39 is 0 Å². The van der Waals surface area contributed by atoms with E-state index in [1.807, 2.05) is 6.07 Å². The normalized spacial score (nSPS) is 32.2. The van der Waals surface area contributed by atoms with Crippen LogP contribution in [0.1, 0.15) is 42.4 Å². The monoisotopic (exact) mass is 215 g/mol. The summed E-state index contributed by atoms with van der Waals surface area (Å²) in [4.78, 5) is 0. The molecular weight excluding hydrogens is 198 g/mol. The maximum Gasteiger partial charge on any atom is 0.0799 e. The third-order valence-corrected chi connectivity index (χ3v) is 3.79. The van der Waals surface area contributed by atoms with E-state index in [0.29, 0.717) is 12.0 Å². The van der Waals surface area contributed by atoms with Gasteiger partial charge in [-0.1, -0.05) is 30.3 Å². The zero-order valence-corrected chi connectivity index (χ0v) is 9.26. The lowest BCUT2D eigenvalue weighted by Crippen LogP contribution is -2.32. The maximum atomic E-state index is 10.0. The highest BCUT2D eigenvalue weighted by atomic mass is 16.3. The fourth-order valence-electron chi connectivity index (χ4n) is 2.98. The quantitative estimate of drug-likeness (QED) is 0.754. The molecule has 2 aliphatic rings. The molecule has 2 heteroatoms. The van der Waals surface area contributed by atoms with Crippen LogP contribution in [0.25, 0.3) is 0 Å². The van der Waals surface area contributed by atoms with Gasteiger partial charge in [-0.05, 0) is 36.6 Å². The Balaban J connectivity index is 1.91. The summed E-state index contributed by atoms with van der Waals surface area (Å²) in [5.41, 5.74) is 2.46. The Morgan fingerprint density at radius 2 is 2.00 bits per heavy atom. The van der Waals surface area contributed by atoms with Gasteiger partial charge >= 0.3 is 0 Å². The van der Waals surface area contributed by atoms with Gasteiger partial charge in [0.25, 0.3) is 0 Å². The van der Waals surface area contributed by atoms with Crippen LogP contribution in [-0.2, 0) is 0 Å². The number of benzene rings is 1. The van der Waals surface area contributed by atoms with Crippen LogP contribution in [-0.4, -0.2) is 11.1 Å². The van der Waals surface area contributed by atoms with E-state index in [0.717, 1.165) is 18.4 Å². The van der Waals surface area contributed by atoms with Crippen molar-refractivity contribution in [1.82, 2.24) is 5.32 Å². The van der Waals surface area contributed by atoms with Gasteiger partial charge in [0.2, 0.25) is 0 Å². The zero-order valence-electron chi connectivity index (χ0n) is 9.26. The van der Waals surface area contributed by atoms with E-state index >= 15 is 0 Å². The molecule has 0 spiro atoms. The summed E-state index contributed by atoms with van der Waals surface area (Å²) in [6, 6.07) is 8.79. The Morgan fingerprint density at radius 1 is 1.19 bits per heavy atom. The summed E-state index contributed by atoms with van der Waals surface area (Å²) < 4.78 is 0. The standard InChI is InChI=1S/C14H17NO/c16-14-9-12(13-7-3-4-8-15-13)10-5-1-2-6-11(10)14/h1-2,4-6,8,12-16H,3,7,9H2. The molecule has 1 aromatic carbocycles. The number of aliphatic hydroxyl groups excluding tert-OH is 1. The van der Waals surface area contributed by atoms with Crippen LogP contribution in [0, 0.1) is 0 Å². The van der Waals surface area contributed by atoms with Crippen molar-refractivity contribution in [2.24, 2.45) is 0 Å². The van der Waals surface area contributed by atoms with Crippen molar-refractivity contribution >= 4 is 0 Å². The summed E-state index contributed by atoms with van der Waals surface area (Å²) in [6.45, 7) is 0. The molecule has 3 rings (SSSR count). The Hall–Kier alpha value is -1.28. The van der Waals surface area contributed by atoms with E-state index in [1.54, 1.807) is 0 Å². The molecular formula is C14H17NO. The topological polar surface area (TPSA) is 32.3 Å². The van der Waals surface area contributed by atoms with Crippen LogP contribution < -0.4 is 5.32 Å². The van der Waals surface area contributed by atoms with Crippen molar-refractivity contribution in [3.05, 3.63) is 47.7 Å². The first-order chi connectivity index (χ1) is 7.86. The second-order valence-electron chi connectivity index (χ2n) is 4.74. The molecule has 2 N–H and O–H groups in total. The molecule has 2 nitrogen and oxygen atoms in total. The van der Waals surface area contributed by atoms with E-state index in [-0.39, 0.29) is 6.10 Å². The van der Waals surface area contributed by atoms with Gasteiger partial charge in [0.1, 0.15) is 0 Å². The fraction of sp³-hybridized carbons (Fsp3) is 0.429. The number of nitrogens with one attached hydrogen (secondary N) is 1. The first kappa shape index (κ1) is 9.91. The van der Waals surface area contributed by atoms with Gasteiger partial charge in [-0.25, -0.2) is 0 Å². The lowest BCUT2D eigenvalue weighted by Gasteiger charge is -2.27. The molecule has 1 aromatic rings. The zero-order chi connectivity index (χ0) is 11.0. The Morgan fingerprint density at radius 3 is 2.75 bits per heavy atom. The Kier molecular flexibility index (Phi) is 2.44. The number of aliphatic hydroxyl groups is 1. The van der Waals surface area contributed by atoms with Gasteiger partial charge in [-0.2, -0.15) is 0 Å². The highest BCUT2D eigenvalue weighted by Crippen LogP contribution is 2.43. The molecule has 0 fully saturated rings. The Labute approximate surface area is 96.0 Å². The minimum atomic E-state index is -0.270. The van der Waals surface area contributed by atoms with Gasteiger partial charge in [0, 0.05) is 12.0 Å². The lowest BCUT2D eigenvalue weighted by atomic mass is 9.89. The minimum Gasteiger partial charge on any atom is -0.388 e. The molecule has 3 atom stereocenters. The van der Waals surface area contributed by atoms with Crippen LogP contribution in [0.5, 0.6) is 0 Å². The average molecular weight is 215 g/mol. The first-order valence-electron chi connectivity index (χ1n) is 6.04. The average Bonchev–Trinajstić information content (AvgIpc) is 2.69. The summed E-state index contributed by atoms with van der Waals surface area (Å²) in [5, 5.41) is 13.5. The van der Waals surface area contributed by atoms with Crippen molar-refractivity contribution < 1.29 is 5.11 Å². The van der Waals surface area contributed by atoms with Gasteiger partial charge in [-0.15, -0.1) is 0 Å². The molecule has 84 valence electrons. The smallest absolute Gasteiger partial charge is 0.0799 e. The largest absolute Gasteiger partial charge is 0.388 e.